The van der Waals surface area contributed by atoms with Crippen molar-refractivity contribution in [3.05, 3.63) is 60.8 Å². The first-order valence-electron chi connectivity index (χ1n) is 8.54. The van der Waals surface area contributed by atoms with Gasteiger partial charge in [0.25, 0.3) is 0 Å². The molecule has 0 saturated carbocycles. The molecule has 2 heterocycles. The Balaban J connectivity index is 1.87. The maximum Gasteiger partial charge on any atom is 0.162 e. The molecule has 4 aromatic rings. The number of pyridine rings is 1. The lowest BCUT2D eigenvalue weighted by atomic mass is 10.1. The van der Waals surface area contributed by atoms with E-state index in [1.807, 2.05) is 28.8 Å². The Bertz CT molecular complexity index is 1160. The van der Waals surface area contributed by atoms with Gasteiger partial charge in [-0.2, -0.15) is 0 Å². The Morgan fingerprint density at radius 2 is 1.57 bits per heavy atom. The van der Waals surface area contributed by atoms with Crippen LogP contribution in [0.5, 0.6) is 17.2 Å². The Morgan fingerprint density at radius 1 is 0.821 bits per heavy atom. The number of aromatic nitrogens is 3. The fraction of sp³-hybridized carbons (Fsp3) is 0.143. The van der Waals surface area contributed by atoms with Gasteiger partial charge in [-0.15, -0.1) is 0 Å². The molecular weight excluding hydrogens is 361 g/mol. The lowest BCUT2D eigenvalue weighted by Gasteiger charge is -2.11. The Labute approximate surface area is 161 Å². The van der Waals surface area contributed by atoms with Crippen LogP contribution < -0.4 is 14.2 Å². The van der Waals surface area contributed by atoms with E-state index < -0.39 is 0 Å². The minimum atomic E-state index is -0.355. The summed E-state index contributed by atoms with van der Waals surface area (Å²) in [6.45, 7) is 0. The number of nitrogens with zero attached hydrogens (tertiary/aromatic N) is 3. The first kappa shape index (κ1) is 17.8. The van der Waals surface area contributed by atoms with Gasteiger partial charge in [-0.3, -0.25) is 9.55 Å². The molecule has 0 fully saturated rings. The van der Waals surface area contributed by atoms with Crippen molar-refractivity contribution < 1.29 is 18.6 Å². The number of rotatable bonds is 5. The van der Waals surface area contributed by atoms with Crippen LogP contribution in [-0.2, 0) is 0 Å². The van der Waals surface area contributed by atoms with E-state index in [4.69, 9.17) is 14.2 Å². The van der Waals surface area contributed by atoms with Crippen LogP contribution in [0.4, 0.5) is 4.39 Å². The van der Waals surface area contributed by atoms with Gasteiger partial charge in [0.05, 0.1) is 44.4 Å². The highest BCUT2D eigenvalue weighted by Gasteiger charge is 2.13. The smallest absolute Gasteiger partial charge is 0.162 e. The van der Waals surface area contributed by atoms with Crippen LogP contribution >= 0.6 is 0 Å². The number of hydrogen-bond donors (Lipinski definition) is 0. The minimum absolute atomic E-state index is 0.355. The number of benzene rings is 2. The van der Waals surface area contributed by atoms with Crippen molar-refractivity contribution in [2.75, 3.05) is 21.3 Å². The topological polar surface area (TPSA) is 58.4 Å². The van der Waals surface area contributed by atoms with Crippen LogP contribution in [0.15, 0.2) is 55.0 Å². The Kier molecular flexibility index (Phi) is 4.57. The molecule has 4 rings (SSSR count). The van der Waals surface area contributed by atoms with Gasteiger partial charge in [0.15, 0.2) is 11.5 Å². The fourth-order valence-corrected chi connectivity index (χ4v) is 3.12. The van der Waals surface area contributed by atoms with Crippen LogP contribution in [-0.4, -0.2) is 35.9 Å². The van der Waals surface area contributed by atoms with Gasteiger partial charge >= 0.3 is 0 Å². The van der Waals surface area contributed by atoms with E-state index in [-0.39, 0.29) is 5.82 Å². The predicted molar refractivity (Wildman–Crippen MR) is 104 cm³/mol. The summed E-state index contributed by atoms with van der Waals surface area (Å²) in [6, 6.07) is 11.8. The molecule has 2 aromatic heterocycles. The molecule has 0 atom stereocenters. The second kappa shape index (κ2) is 7.19. The Hall–Kier alpha value is -3.61. The summed E-state index contributed by atoms with van der Waals surface area (Å²) in [5.74, 6) is 1.45. The summed E-state index contributed by atoms with van der Waals surface area (Å²) in [7, 11) is 4.73. The van der Waals surface area contributed by atoms with Gasteiger partial charge in [-0.25, -0.2) is 9.37 Å². The average molecular weight is 379 g/mol. The van der Waals surface area contributed by atoms with Crippen LogP contribution in [0.2, 0.25) is 0 Å². The minimum Gasteiger partial charge on any atom is -0.496 e. The van der Waals surface area contributed by atoms with Crippen molar-refractivity contribution in [2.45, 2.75) is 0 Å². The van der Waals surface area contributed by atoms with Gasteiger partial charge < -0.3 is 14.2 Å². The third kappa shape index (κ3) is 3.00. The van der Waals surface area contributed by atoms with Crippen molar-refractivity contribution in [3.63, 3.8) is 0 Å². The number of ether oxygens (including phenoxy) is 3. The highest BCUT2D eigenvalue weighted by atomic mass is 19.1. The molecule has 0 aliphatic rings. The number of fused-ring (bicyclic) bond motifs is 1. The van der Waals surface area contributed by atoms with Gasteiger partial charge in [0.1, 0.15) is 23.4 Å². The van der Waals surface area contributed by atoms with Crippen molar-refractivity contribution in [1.82, 2.24) is 14.5 Å². The summed E-state index contributed by atoms with van der Waals surface area (Å²) in [6.07, 6.45) is 3.37. The van der Waals surface area contributed by atoms with Crippen LogP contribution in [0.3, 0.4) is 0 Å². The summed E-state index contributed by atoms with van der Waals surface area (Å²) in [5, 5.41) is 0. The highest BCUT2D eigenvalue weighted by Crippen LogP contribution is 2.33. The quantitative estimate of drug-likeness (QED) is 0.519. The maximum absolute atomic E-state index is 13.8. The lowest BCUT2D eigenvalue weighted by Crippen LogP contribution is -1.97. The predicted octanol–water partition coefficient (Wildman–Crippen LogP) is 4.25. The van der Waals surface area contributed by atoms with Gasteiger partial charge in [-0.1, -0.05) is 0 Å². The summed E-state index contributed by atoms with van der Waals surface area (Å²) in [4.78, 5) is 8.84. The largest absolute Gasteiger partial charge is 0.496 e. The molecule has 0 spiro atoms. The molecule has 0 aliphatic heterocycles. The summed E-state index contributed by atoms with van der Waals surface area (Å²) < 4.78 is 31.8. The zero-order valence-corrected chi connectivity index (χ0v) is 15.6. The first-order valence-corrected chi connectivity index (χ1v) is 8.54. The molecule has 2 aromatic carbocycles. The van der Waals surface area contributed by atoms with Crippen molar-refractivity contribution in [2.24, 2.45) is 0 Å². The molecule has 7 heteroatoms. The average Bonchev–Trinajstić information content (AvgIpc) is 3.16. The number of hydrogen-bond acceptors (Lipinski definition) is 5. The van der Waals surface area contributed by atoms with E-state index in [9.17, 15) is 4.39 Å². The molecular formula is C21H18FN3O3. The first-order chi connectivity index (χ1) is 13.6. The maximum atomic E-state index is 13.8. The molecule has 142 valence electrons. The third-order valence-electron chi connectivity index (χ3n) is 4.52. The van der Waals surface area contributed by atoms with E-state index in [0.717, 1.165) is 11.2 Å². The normalized spacial score (nSPS) is 10.9. The summed E-state index contributed by atoms with van der Waals surface area (Å²) in [5.41, 5.74) is 3.55. The molecule has 0 aliphatic carbocycles. The molecule has 0 amide bonds. The van der Waals surface area contributed by atoms with E-state index >= 15 is 0 Å². The van der Waals surface area contributed by atoms with E-state index in [1.54, 1.807) is 39.9 Å². The van der Waals surface area contributed by atoms with Crippen molar-refractivity contribution >= 4 is 11.0 Å². The monoisotopic (exact) mass is 379 g/mol. The van der Waals surface area contributed by atoms with E-state index in [0.29, 0.717) is 34.0 Å². The highest BCUT2D eigenvalue weighted by molar-refractivity contribution is 5.82. The van der Waals surface area contributed by atoms with Crippen molar-refractivity contribution in [3.8, 4) is 34.2 Å². The lowest BCUT2D eigenvalue weighted by molar-refractivity contribution is 0.355. The molecule has 0 saturated heterocycles. The molecule has 0 N–H and O–H groups in total. The second-order valence-corrected chi connectivity index (χ2v) is 6.06. The van der Waals surface area contributed by atoms with Crippen LogP contribution in [0.25, 0.3) is 28.0 Å². The number of imidazole rings is 1. The van der Waals surface area contributed by atoms with Gasteiger partial charge in [0.2, 0.25) is 0 Å². The van der Waals surface area contributed by atoms with Crippen LogP contribution in [0.1, 0.15) is 0 Å². The van der Waals surface area contributed by atoms with Crippen LogP contribution in [0, 0.1) is 5.82 Å². The molecule has 6 nitrogen and oxygen atoms in total. The molecule has 0 bridgehead atoms. The number of methoxy groups -OCH3 is 3. The molecule has 0 radical (unpaired) electrons. The van der Waals surface area contributed by atoms with Gasteiger partial charge in [0, 0.05) is 11.6 Å². The summed E-state index contributed by atoms with van der Waals surface area (Å²) >= 11 is 0. The fourth-order valence-electron chi connectivity index (χ4n) is 3.12. The zero-order chi connectivity index (χ0) is 19.7. The zero-order valence-electron chi connectivity index (χ0n) is 15.6. The molecule has 0 unspecified atom stereocenters. The standard InChI is InChI=1S/C21H18FN3O3/c1-26-19-6-4-13(22)8-15(19)16-10-18-17(11-23-16)24-12-25(18)14-5-7-20(27-2)21(9-14)28-3/h4-12H,1-3H3. The second-order valence-electron chi connectivity index (χ2n) is 6.06. The molecule has 28 heavy (non-hydrogen) atoms. The van der Waals surface area contributed by atoms with Gasteiger partial charge in [-0.05, 0) is 36.4 Å². The van der Waals surface area contributed by atoms with Crippen molar-refractivity contribution in [1.29, 1.82) is 0 Å². The SMILES string of the molecule is COc1ccc(-n2cnc3cnc(-c4cc(F)ccc4OC)cc32)cc1OC. The number of halogens is 1. The Morgan fingerprint density at radius 3 is 2.32 bits per heavy atom. The third-order valence-corrected chi connectivity index (χ3v) is 4.52. The van der Waals surface area contributed by atoms with E-state index in [1.165, 1.54) is 12.1 Å². The van der Waals surface area contributed by atoms with E-state index in [2.05, 4.69) is 9.97 Å².